The Hall–Kier alpha value is -4.68. The van der Waals surface area contributed by atoms with Gasteiger partial charge in [-0.1, -0.05) is 12.1 Å². The molecule has 0 aliphatic rings. The van der Waals surface area contributed by atoms with E-state index >= 15 is 0 Å². The van der Waals surface area contributed by atoms with E-state index in [4.69, 9.17) is 0 Å². The molecule has 0 spiro atoms. The number of sulfonamides is 2. The summed E-state index contributed by atoms with van der Waals surface area (Å²) in [5.74, 6) is -0.643. The van der Waals surface area contributed by atoms with E-state index in [0.29, 0.717) is 22.7 Å². The molecule has 12 heteroatoms. The smallest absolute Gasteiger partial charge is 0.261 e. The first-order valence-electron chi connectivity index (χ1n) is 14.2. The van der Waals surface area contributed by atoms with E-state index in [0.717, 1.165) is 22.3 Å². The molecule has 0 radical (unpaired) electrons. The Morgan fingerprint density at radius 2 is 0.800 bits per heavy atom. The lowest BCUT2D eigenvalue weighted by molar-refractivity contribution is -0.117. The van der Waals surface area contributed by atoms with Crippen molar-refractivity contribution in [2.24, 2.45) is 0 Å². The maximum Gasteiger partial charge on any atom is 0.261 e. The van der Waals surface area contributed by atoms with Crippen LogP contribution in [0.4, 0.5) is 22.7 Å². The molecule has 0 aliphatic heterocycles. The molecule has 2 amide bonds. The molecule has 0 aliphatic carbocycles. The van der Waals surface area contributed by atoms with Gasteiger partial charge in [-0.2, -0.15) is 0 Å². The van der Waals surface area contributed by atoms with Crippen molar-refractivity contribution in [1.82, 2.24) is 0 Å². The van der Waals surface area contributed by atoms with Crippen LogP contribution in [0.15, 0.2) is 94.7 Å². The summed E-state index contributed by atoms with van der Waals surface area (Å²) in [6.07, 6.45) is 0.419. The number of hydrogen-bond donors (Lipinski definition) is 4. The number of carbonyl (C=O) groups excluding carboxylic acids is 2. The first-order chi connectivity index (χ1) is 21.2. The Labute approximate surface area is 264 Å². The topological polar surface area (TPSA) is 151 Å². The van der Waals surface area contributed by atoms with E-state index in [9.17, 15) is 26.4 Å². The molecule has 236 valence electrons. The average Bonchev–Trinajstić information content (AvgIpc) is 2.92. The number of carbonyl (C=O) groups is 2. The summed E-state index contributed by atoms with van der Waals surface area (Å²) in [6, 6.07) is 22.5. The van der Waals surface area contributed by atoms with E-state index in [1.807, 2.05) is 39.8 Å². The molecule has 0 saturated carbocycles. The molecule has 0 atom stereocenters. The third-order valence-corrected chi connectivity index (χ3v) is 9.45. The van der Waals surface area contributed by atoms with Crippen molar-refractivity contribution in [1.29, 1.82) is 0 Å². The maximum atomic E-state index is 12.8. The SMILES string of the molecule is Cc1cc(C)cc(NS(=O)(=O)c2ccc(NC(=O)CCCC(=O)Nc3ccc(S(=O)(=O)Nc4cc(C)cc(C)c4)cc3)cc2)c1. The minimum atomic E-state index is -3.81. The summed E-state index contributed by atoms with van der Waals surface area (Å²) in [5, 5.41) is 5.41. The summed E-state index contributed by atoms with van der Waals surface area (Å²) >= 11 is 0. The zero-order valence-electron chi connectivity index (χ0n) is 25.5. The lowest BCUT2D eigenvalue weighted by atomic mass is 10.1. The van der Waals surface area contributed by atoms with Crippen molar-refractivity contribution < 1.29 is 26.4 Å². The first-order valence-corrected chi connectivity index (χ1v) is 17.2. The van der Waals surface area contributed by atoms with E-state index in [-0.39, 0.29) is 40.9 Å². The predicted octanol–water partition coefficient (Wildman–Crippen LogP) is 6.27. The number of anilines is 4. The number of rotatable bonds is 12. The van der Waals surface area contributed by atoms with Crippen molar-refractivity contribution in [3.63, 3.8) is 0 Å². The van der Waals surface area contributed by atoms with Crippen LogP contribution in [-0.4, -0.2) is 28.6 Å². The van der Waals surface area contributed by atoms with Gasteiger partial charge in [0.25, 0.3) is 20.0 Å². The summed E-state index contributed by atoms with van der Waals surface area (Å²) < 4.78 is 56.2. The highest BCUT2D eigenvalue weighted by atomic mass is 32.2. The molecular formula is C33H36N4O6S2. The van der Waals surface area contributed by atoms with Crippen LogP contribution in [0.25, 0.3) is 0 Å². The molecule has 0 unspecified atom stereocenters. The fourth-order valence-electron chi connectivity index (χ4n) is 4.79. The average molecular weight is 649 g/mol. The van der Waals surface area contributed by atoms with Gasteiger partial charge in [-0.3, -0.25) is 19.0 Å². The number of nitrogens with one attached hydrogen (secondary N) is 4. The normalized spacial score (nSPS) is 11.5. The quantitative estimate of drug-likeness (QED) is 0.142. The monoisotopic (exact) mass is 648 g/mol. The summed E-state index contributed by atoms with van der Waals surface area (Å²) in [6.45, 7) is 7.54. The third-order valence-electron chi connectivity index (χ3n) is 6.65. The van der Waals surface area contributed by atoms with Crippen molar-refractivity contribution in [3.8, 4) is 0 Å². The fourth-order valence-corrected chi connectivity index (χ4v) is 6.87. The minimum Gasteiger partial charge on any atom is -0.326 e. The molecule has 45 heavy (non-hydrogen) atoms. The number of aryl methyl sites for hydroxylation is 4. The van der Waals surface area contributed by atoms with Gasteiger partial charge in [0.15, 0.2) is 0 Å². The molecular weight excluding hydrogens is 613 g/mol. The minimum absolute atomic E-state index is 0.0552. The van der Waals surface area contributed by atoms with Gasteiger partial charge in [0.05, 0.1) is 9.79 Å². The molecule has 0 aromatic heterocycles. The van der Waals surface area contributed by atoms with E-state index in [1.165, 1.54) is 48.5 Å². The zero-order chi connectivity index (χ0) is 32.8. The number of hydrogen-bond acceptors (Lipinski definition) is 6. The molecule has 0 heterocycles. The van der Waals surface area contributed by atoms with Crippen LogP contribution in [0.2, 0.25) is 0 Å². The van der Waals surface area contributed by atoms with E-state index in [1.54, 1.807) is 24.3 Å². The first kappa shape index (κ1) is 33.2. The Bertz CT molecular complexity index is 1740. The van der Waals surface area contributed by atoms with E-state index < -0.39 is 20.0 Å². The van der Waals surface area contributed by atoms with Crippen LogP contribution in [0.5, 0.6) is 0 Å². The zero-order valence-corrected chi connectivity index (χ0v) is 27.1. The Morgan fingerprint density at radius 1 is 0.489 bits per heavy atom. The van der Waals surface area contributed by atoms with Crippen molar-refractivity contribution in [2.45, 2.75) is 56.7 Å². The molecule has 10 nitrogen and oxygen atoms in total. The second-order valence-electron chi connectivity index (χ2n) is 11.0. The van der Waals surface area contributed by atoms with Gasteiger partial charge < -0.3 is 10.6 Å². The molecule has 0 fully saturated rings. The molecule has 0 bridgehead atoms. The molecule has 0 saturated heterocycles. The van der Waals surface area contributed by atoms with E-state index in [2.05, 4.69) is 20.1 Å². The second-order valence-corrected chi connectivity index (χ2v) is 14.3. The summed E-state index contributed by atoms with van der Waals surface area (Å²) in [4.78, 5) is 24.9. The van der Waals surface area contributed by atoms with Gasteiger partial charge in [-0.05, 0) is 129 Å². The molecule has 4 rings (SSSR count). The van der Waals surface area contributed by atoms with Crippen LogP contribution in [-0.2, 0) is 29.6 Å². The van der Waals surface area contributed by atoms with Gasteiger partial charge in [0.1, 0.15) is 0 Å². The second kappa shape index (κ2) is 14.0. The maximum absolute atomic E-state index is 12.8. The fraction of sp³-hybridized carbons (Fsp3) is 0.212. The summed E-state index contributed by atoms with van der Waals surface area (Å²) in [5.41, 5.74) is 5.55. The Kier molecular flexibility index (Phi) is 10.3. The van der Waals surface area contributed by atoms with Crippen molar-refractivity contribution >= 4 is 54.6 Å². The number of amides is 2. The largest absolute Gasteiger partial charge is 0.326 e. The van der Waals surface area contributed by atoms with Gasteiger partial charge in [0.2, 0.25) is 11.8 Å². The molecule has 4 aromatic rings. The van der Waals surface area contributed by atoms with Gasteiger partial charge in [-0.25, -0.2) is 16.8 Å². The van der Waals surface area contributed by atoms with Crippen LogP contribution >= 0.6 is 0 Å². The van der Waals surface area contributed by atoms with Gasteiger partial charge in [-0.15, -0.1) is 0 Å². The van der Waals surface area contributed by atoms with Gasteiger partial charge in [0, 0.05) is 35.6 Å². The van der Waals surface area contributed by atoms with Crippen LogP contribution < -0.4 is 20.1 Å². The van der Waals surface area contributed by atoms with Crippen LogP contribution in [0, 0.1) is 27.7 Å². The standard InChI is InChI=1S/C33H36N4O6S2/c1-22-16-23(2)19-28(18-22)36-44(40,41)30-12-8-26(9-13-30)34-32(38)6-5-7-33(39)35-27-10-14-31(15-11-27)45(42,43)37-29-20-24(3)17-25(4)21-29/h8-21,36-37H,5-7H2,1-4H3,(H,34,38)(H,35,39). The summed E-state index contributed by atoms with van der Waals surface area (Å²) in [7, 11) is -7.62. The highest BCUT2D eigenvalue weighted by Gasteiger charge is 2.16. The lowest BCUT2D eigenvalue weighted by Crippen LogP contribution is -2.16. The lowest BCUT2D eigenvalue weighted by Gasteiger charge is -2.11. The van der Waals surface area contributed by atoms with Crippen LogP contribution in [0.1, 0.15) is 41.5 Å². The number of benzene rings is 4. The highest BCUT2D eigenvalue weighted by Crippen LogP contribution is 2.22. The van der Waals surface area contributed by atoms with Crippen LogP contribution in [0.3, 0.4) is 0 Å². The molecule has 4 N–H and O–H groups in total. The predicted molar refractivity (Wildman–Crippen MR) is 177 cm³/mol. The molecule has 4 aromatic carbocycles. The Morgan fingerprint density at radius 3 is 1.11 bits per heavy atom. The van der Waals surface area contributed by atoms with Crippen molar-refractivity contribution in [3.05, 3.63) is 107 Å². The highest BCUT2D eigenvalue weighted by molar-refractivity contribution is 7.93. The third kappa shape index (κ3) is 9.65. The van der Waals surface area contributed by atoms with Gasteiger partial charge >= 0.3 is 0 Å². The Balaban J connectivity index is 1.22. The van der Waals surface area contributed by atoms with Crippen molar-refractivity contribution in [2.75, 3.05) is 20.1 Å².